The molecule has 2 saturated carbocycles. The molecule has 2 heteroatoms. The van der Waals surface area contributed by atoms with Crippen LogP contribution in [0.2, 0.25) is 0 Å². The van der Waals surface area contributed by atoms with Crippen LogP contribution in [0, 0.1) is 28.6 Å². The van der Waals surface area contributed by atoms with Gasteiger partial charge in [-0.1, -0.05) is 19.9 Å². The highest BCUT2D eigenvalue weighted by atomic mass is 16.1. The topological polar surface area (TPSA) is 20.3 Å². The third kappa shape index (κ3) is 2.20. The molecule has 0 N–H and O–H groups in total. The van der Waals surface area contributed by atoms with Gasteiger partial charge in [0.05, 0.1) is 0 Å². The minimum absolute atomic E-state index is 0.0497. The fourth-order valence-corrected chi connectivity index (χ4v) is 7.79. The van der Waals surface area contributed by atoms with Gasteiger partial charge in [0.25, 0.3) is 0 Å². The highest BCUT2D eigenvalue weighted by molar-refractivity contribution is 5.87. The SMILES string of the molecule is CC[C@]12CC[C@H]3[C@@H](CC=C4C=C(N5CCCC5)CC[C@@]43C)[C@@H]1CCC2=O. The number of carbonyl (C=O) groups is 1. The number of hydrogen-bond donors (Lipinski definition) is 0. The lowest BCUT2D eigenvalue weighted by Crippen LogP contribution is -2.50. The first-order valence-corrected chi connectivity index (χ1v) is 11.3. The number of ketones is 1. The summed E-state index contributed by atoms with van der Waals surface area (Å²) in [6.07, 6.45) is 17.3. The molecule has 2 nitrogen and oxygen atoms in total. The van der Waals surface area contributed by atoms with Gasteiger partial charge in [-0.3, -0.25) is 4.79 Å². The smallest absolute Gasteiger partial charge is 0.139 e. The van der Waals surface area contributed by atoms with Crippen molar-refractivity contribution in [1.82, 2.24) is 4.90 Å². The molecule has 5 rings (SSSR count). The van der Waals surface area contributed by atoms with E-state index in [0.717, 1.165) is 24.7 Å². The first-order valence-electron chi connectivity index (χ1n) is 11.3. The van der Waals surface area contributed by atoms with Gasteiger partial charge in [-0.25, -0.2) is 0 Å². The van der Waals surface area contributed by atoms with Crippen molar-refractivity contribution in [3.8, 4) is 0 Å². The van der Waals surface area contributed by atoms with E-state index in [1.165, 1.54) is 64.5 Å². The van der Waals surface area contributed by atoms with Gasteiger partial charge in [0.2, 0.25) is 0 Å². The first-order chi connectivity index (χ1) is 12.6. The number of hydrogen-bond acceptors (Lipinski definition) is 2. The van der Waals surface area contributed by atoms with E-state index < -0.39 is 0 Å². The molecule has 0 aromatic rings. The Labute approximate surface area is 159 Å². The minimum atomic E-state index is 0.0497. The maximum Gasteiger partial charge on any atom is 0.139 e. The van der Waals surface area contributed by atoms with E-state index in [0.29, 0.717) is 17.1 Å². The second kappa shape index (κ2) is 5.97. The molecule has 0 aromatic heterocycles. The molecule has 0 bridgehead atoms. The van der Waals surface area contributed by atoms with Crippen LogP contribution in [0.4, 0.5) is 0 Å². The van der Waals surface area contributed by atoms with Crippen molar-refractivity contribution < 1.29 is 4.79 Å². The molecule has 3 fully saturated rings. The number of carbonyl (C=O) groups excluding carboxylic acids is 1. The maximum atomic E-state index is 12.8. The Kier molecular flexibility index (Phi) is 3.92. The van der Waals surface area contributed by atoms with Gasteiger partial charge in [0.1, 0.15) is 5.78 Å². The molecule has 5 aliphatic rings. The molecule has 4 aliphatic carbocycles. The van der Waals surface area contributed by atoms with Crippen LogP contribution in [0.3, 0.4) is 0 Å². The molecule has 1 aliphatic heterocycles. The van der Waals surface area contributed by atoms with E-state index in [2.05, 4.69) is 30.9 Å². The van der Waals surface area contributed by atoms with Crippen molar-refractivity contribution >= 4 is 5.78 Å². The number of rotatable bonds is 2. The van der Waals surface area contributed by atoms with Crippen molar-refractivity contribution in [2.75, 3.05) is 13.1 Å². The summed E-state index contributed by atoms with van der Waals surface area (Å²) in [5.41, 5.74) is 3.66. The molecule has 0 aromatic carbocycles. The third-order valence-electron chi connectivity index (χ3n) is 9.34. The van der Waals surface area contributed by atoms with Crippen LogP contribution in [0.25, 0.3) is 0 Å². The van der Waals surface area contributed by atoms with Crippen molar-refractivity contribution in [3.63, 3.8) is 0 Å². The normalized spacial score (nSPS) is 44.9. The molecule has 1 heterocycles. The van der Waals surface area contributed by atoms with Crippen molar-refractivity contribution in [1.29, 1.82) is 0 Å². The minimum Gasteiger partial charge on any atom is -0.375 e. The van der Waals surface area contributed by atoms with E-state index in [1.54, 1.807) is 11.3 Å². The molecule has 0 radical (unpaired) electrons. The fraction of sp³-hybridized carbons (Fsp3) is 0.792. The van der Waals surface area contributed by atoms with Crippen LogP contribution in [0.5, 0.6) is 0 Å². The van der Waals surface area contributed by atoms with Crippen molar-refractivity contribution in [2.45, 2.75) is 78.1 Å². The van der Waals surface area contributed by atoms with Crippen LogP contribution in [0.15, 0.2) is 23.4 Å². The Morgan fingerprint density at radius 3 is 2.69 bits per heavy atom. The van der Waals surface area contributed by atoms with Gasteiger partial charge >= 0.3 is 0 Å². The average molecular weight is 354 g/mol. The van der Waals surface area contributed by atoms with Gasteiger partial charge in [-0.2, -0.15) is 0 Å². The van der Waals surface area contributed by atoms with Gasteiger partial charge in [-0.05, 0) is 92.6 Å². The summed E-state index contributed by atoms with van der Waals surface area (Å²) in [7, 11) is 0. The molecular weight excluding hydrogens is 318 g/mol. The largest absolute Gasteiger partial charge is 0.375 e. The van der Waals surface area contributed by atoms with Crippen LogP contribution >= 0.6 is 0 Å². The maximum absolute atomic E-state index is 12.8. The zero-order valence-corrected chi connectivity index (χ0v) is 16.7. The Bertz CT molecular complexity index is 670. The van der Waals surface area contributed by atoms with Crippen LogP contribution < -0.4 is 0 Å². The molecule has 0 spiro atoms. The molecule has 0 unspecified atom stereocenters. The van der Waals surface area contributed by atoms with Gasteiger partial charge in [0.15, 0.2) is 0 Å². The van der Waals surface area contributed by atoms with Crippen LogP contribution in [-0.4, -0.2) is 23.8 Å². The van der Waals surface area contributed by atoms with Gasteiger partial charge in [0, 0.05) is 30.6 Å². The second-order valence-electron chi connectivity index (χ2n) is 10.0. The molecule has 142 valence electrons. The second-order valence-corrected chi connectivity index (χ2v) is 10.0. The quantitative estimate of drug-likeness (QED) is 0.653. The van der Waals surface area contributed by atoms with E-state index >= 15 is 0 Å². The van der Waals surface area contributed by atoms with Crippen LogP contribution in [-0.2, 0) is 4.79 Å². The lowest BCUT2D eigenvalue weighted by atomic mass is 9.48. The lowest BCUT2D eigenvalue weighted by Gasteiger charge is -2.56. The lowest BCUT2D eigenvalue weighted by molar-refractivity contribution is -0.133. The van der Waals surface area contributed by atoms with Crippen LogP contribution in [0.1, 0.15) is 78.1 Å². The molecule has 1 saturated heterocycles. The summed E-state index contributed by atoms with van der Waals surface area (Å²) in [4.78, 5) is 15.4. The third-order valence-corrected chi connectivity index (χ3v) is 9.34. The molecule has 0 amide bonds. The predicted molar refractivity (Wildman–Crippen MR) is 106 cm³/mol. The summed E-state index contributed by atoms with van der Waals surface area (Å²) in [5.74, 6) is 2.82. The number of likely N-dealkylation sites (tertiary alicyclic amines) is 1. The van der Waals surface area contributed by atoms with E-state index in [1.807, 2.05) is 0 Å². The fourth-order valence-electron chi connectivity index (χ4n) is 7.79. The zero-order valence-electron chi connectivity index (χ0n) is 16.7. The molecule has 26 heavy (non-hydrogen) atoms. The monoisotopic (exact) mass is 353 g/mol. The Morgan fingerprint density at radius 2 is 1.92 bits per heavy atom. The first kappa shape index (κ1) is 17.1. The molecular formula is C24H35NO. The Morgan fingerprint density at radius 1 is 1.12 bits per heavy atom. The average Bonchev–Trinajstić information content (AvgIpc) is 3.30. The summed E-state index contributed by atoms with van der Waals surface area (Å²) in [5, 5.41) is 0. The molecule has 5 atom stereocenters. The number of nitrogens with zero attached hydrogens (tertiary/aromatic N) is 1. The van der Waals surface area contributed by atoms with Crippen molar-refractivity contribution in [3.05, 3.63) is 23.4 Å². The number of allylic oxidation sites excluding steroid dienone is 4. The Hall–Kier alpha value is -1.05. The van der Waals surface area contributed by atoms with E-state index in [4.69, 9.17) is 0 Å². The Balaban J connectivity index is 1.47. The standard InChI is InChI=1S/C24H35NO/c1-3-24-13-11-20-19(21(24)8-9-22(24)26)7-6-17-16-18(10-12-23(17,20)2)25-14-4-5-15-25/h6,16,19-21H,3-5,7-15H2,1-2H3/t19-,20+,21+,23+,24+/m1/s1. The summed E-state index contributed by atoms with van der Waals surface area (Å²) >= 11 is 0. The van der Waals surface area contributed by atoms with Gasteiger partial charge < -0.3 is 4.90 Å². The predicted octanol–water partition coefficient (Wildman–Crippen LogP) is 5.50. The summed E-state index contributed by atoms with van der Waals surface area (Å²) in [6, 6.07) is 0. The number of Topliss-reactive ketones (excluding diaryl/α,β-unsaturated/α-hetero) is 1. The highest BCUT2D eigenvalue weighted by Gasteiger charge is 2.59. The summed E-state index contributed by atoms with van der Waals surface area (Å²) < 4.78 is 0. The zero-order chi connectivity index (χ0) is 17.9. The van der Waals surface area contributed by atoms with E-state index in [9.17, 15) is 4.79 Å². The highest BCUT2D eigenvalue weighted by Crippen LogP contribution is 2.64. The van der Waals surface area contributed by atoms with E-state index in [-0.39, 0.29) is 5.41 Å². The number of fused-ring (bicyclic) bond motifs is 5. The summed E-state index contributed by atoms with van der Waals surface area (Å²) in [6.45, 7) is 7.37. The van der Waals surface area contributed by atoms with Crippen molar-refractivity contribution in [2.24, 2.45) is 28.6 Å². The van der Waals surface area contributed by atoms with Gasteiger partial charge in [-0.15, -0.1) is 0 Å².